The fraction of sp³-hybridized carbons (Fsp3) is 0.333. The van der Waals surface area contributed by atoms with Crippen LogP contribution in [-0.2, 0) is 11.8 Å². The minimum absolute atomic E-state index is 0.0518. The van der Waals surface area contributed by atoms with E-state index < -0.39 is 0 Å². The van der Waals surface area contributed by atoms with Crippen LogP contribution in [0.5, 0.6) is 17.2 Å². The Kier molecular flexibility index (Phi) is 5.30. The van der Waals surface area contributed by atoms with Gasteiger partial charge in [-0.25, -0.2) is 4.68 Å². The topological polar surface area (TPSA) is 80.4 Å². The zero-order valence-electron chi connectivity index (χ0n) is 16.7. The van der Waals surface area contributed by atoms with E-state index in [2.05, 4.69) is 43.7 Å². The average Bonchev–Trinajstić information content (AvgIpc) is 3.02. The zero-order valence-corrected chi connectivity index (χ0v) is 17.6. The Labute approximate surface area is 170 Å². The molecule has 1 heterocycles. The summed E-state index contributed by atoms with van der Waals surface area (Å²) in [6.07, 6.45) is 0.619. The third kappa shape index (κ3) is 3.54. The predicted octanol–water partition coefficient (Wildman–Crippen LogP) is 4.50. The van der Waals surface area contributed by atoms with E-state index in [4.69, 9.17) is 4.74 Å². The molecule has 3 rings (SSSR count). The van der Waals surface area contributed by atoms with Crippen molar-refractivity contribution in [1.82, 2.24) is 15.0 Å². The summed E-state index contributed by atoms with van der Waals surface area (Å²) in [5.74, 6) is 0.770. The Morgan fingerprint density at radius 3 is 2.43 bits per heavy atom. The Hall–Kier alpha value is -2.67. The van der Waals surface area contributed by atoms with Crippen LogP contribution in [0.2, 0.25) is 0 Å². The highest BCUT2D eigenvalue weighted by atomic mass is 32.1. The predicted molar refractivity (Wildman–Crippen MR) is 112 cm³/mol. The number of hydrogen-bond donors (Lipinski definition) is 3. The molecule has 0 unspecified atom stereocenters. The molecule has 2 N–H and O–H groups in total. The number of ether oxygens (including phenoxy) is 1. The summed E-state index contributed by atoms with van der Waals surface area (Å²) in [7, 11) is 1.65. The summed E-state index contributed by atoms with van der Waals surface area (Å²) in [6.45, 7) is 8.28. The van der Waals surface area contributed by atoms with Crippen LogP contribution in [-0.4, -0.2) is 32.3 Å². The molecule has 0 amide bonds. The fourth-order valence-corrected chi connectivity index (χ4v) is 3.46. The van der Waals surface area contributed by atoms with Gasteiger partial charge in [-0.15, -0.1) is 17.7 Å². The minimum atomic E-state index is -0.132. The number of benzene rings is 2. The van der Waals surface area contributed by atoms with E-state index in [0.29, 0.717) is 28.4 Å². The molecule has 0 radical (unpaired) electrons. The highest BCUT2D eigenvalue weighted by molar-refractivity contribution is 7.80. The van der Waals surface area contributed by atoms with Gasteiger partial charge in [0.25, 0.3) is 0 Å². The van der Waals surface area contributed by atoms with E-state index in [1.165, 1.54) is 6.07 Å². The van der Waals surface area contributed by atoms with Gasteiger partial charge in [0.15, 0.2) is 0 Å². The average molecular weight is 400 g/mol. The van der Waals surface area contributed by atoms with Crippen LogP contribution in [0.4, 0.5) is 0 Å². The van der Waals surface area contributed by atoms with Gasteiger partial charge in [0.1, 0.15) is 33.7 Å². The molecule has 6 nitrogen and oxygen atoms in total. The van der Waals surface area contributed by atoms with E-state index in [1.807, 2.05) is 25.1 Å². The third-order valence-electron chi connectivity index (χ3n) is 4.72. The molecule has 0 saturated heterocycles. The number of hydrogen-bond acceptors (Lipinski definition) is 6. The van der Waals surface area contributed by atoms with Crippen LogP contribution < -0.4 is 4.74 Å². The Morgan fingerprint density at radius 1 is 1.11 bits per heavy atom. The lowest BCUT2D eigenvalue weighted by molar-refractivity contribution is 0.397. The largest absolute Gasteiger partial charge is 0.508 e. The number of nitrogens with zero attached hydrogens (tertiary/aromatic N) is 3. The van der Waals surface area contributed by atoms with Crippen LogP contribution in [0, 0.1) is 0 Å². The molecule has 28 heavy (non-hydrogen) atoms. The molecule has 0 bridgehead atoms. The van der Waals surface area contributed by atoms with Gasteiger partial charge in [0.05, 0.1) is 7.11 Å². The first-order valence-corrected chi connectivity index (χ1v) is 9.50. The number of methoxy groups -OCH3 is 1. The summed E-state index contributed by atoms with van der Waals surface area (Å²) in [4.78, 5) is 0. The smallest absolute Gasteiger partial charge is 0.145 e. The van der Waals surface area contributed by atoms with Crippen molar-refractivity contribution in [2.75, 3.05) is 7.11 Å². The summed E-state index contributed by atoms with van der Waals surface area (Å²) < 4.78 is 7.07. The first-order chi connectivity index (χ1) is 13.2. The van der Waals surface area contributed by atoms with Crippen molar-refractivity contribution in [3.05, 3.63) is 41.5 Å². The summed E-state index contributed by atoms with van der Waals surface area (Å²) in [5.41, 5.74) is 3.56. The van der Waals surface area contributed by atoms with E-state index >= 15 is 0 Å². The lowest BCUT2D eigenvalue weighted by Crippen LogP contribution is -2.13. The van der Waals surface area contributed by atoms with Gasteiger partial charge >= 0.3 is 0 Å². The maximum atomic E-state index is 10.4. The molecule has 0 spiro atoms. The second-order valence-corrected chi connectivity index (χ2v) is 8.09. The highest BCUT2D eigenvalue weighted by Crippen LogP contribution is 2.38. The van der Waals surface area contributed by atoms with Crippen molar-refractivity contribution >= 4 is 12.6 Å². The highest BCUT2D eigenvalue weighted by Gasteiger charge is 2.23. The van der Waals surface area contributed by atoms with Crippen molar-refractivity contribution in [3.8, 4) is 34.2 Å². The normalized spacial score (nSPS) is 11.6. The molecule has 3 aromatic rings. The number of aromatic nitrogens is 3. The second-order valence-electron chi connectivity index (χ2n) is 7.66. The number of thiol groups is 1. The molecule has 148 valence electrons. The fourth-order valence-electron chi connectivity index (χ4n) is 3.20. The van der Waals surface area contributed by atoms with Gasteiger partial charge in [-0.2, -0.15) is 0 Å². The van der Waals surface area contributed by atoms with Gasteiger partial charge in [0.2, 0.25) is 0 Å². The first kappa shape index (κ1) is 20.1. The summed E-state index contributed by atoms with van der Waals surface area (Å²) in [6, 6.07) is 8.90. The first-order valence-electron chi connectivity index (χ1n) is 9.06. The molecular weight excluding hydrogens is 374 g/mol. The van der Waals surface area contributed by atoms with E-state index in [1.54, 1.807) is 17.9 Å². The number of phenolic OH excluding ortho intramolecular Hbond substituents is 2. The van der Waals surface area contributed by atoms with Gasteiger partial charge < -0.3 is 14.9 Å². The van der Waals surface area contributed by atoms with Crippen LogP contribution >= 0.6 is 12.6 Å². The van der Waals surface area contributed by atoms with Crippen LogP contribution in [0.3, 0.4) is 0 Å². The van der Waals surface area contributed by atoms with Gasteiger partial charge in [-0.3, -0.25) is 0 Å². The van der Waals surface area contributed by atoms with Gasteiger partial charge in [-0.05, 0) is 41.7 Å². The molecule has 0 atom stereocenters. The van der Waals surface area contributed by atoms with Crippen molar-refractivity contribution in [2.24, 2.45) is 0 Å². The van der Waals surface area contributed by atoms with Gasteiger partial charge in [0, 0.05) is 17.2 Å². The SMILES string of the molecule is CCc1cc(-n2nnc(S)c2-c2ccc(OC)c(C(C)(C)C)c2)c(O)cc1O. The quantitative estimate of drug-likeness (QED) is 0.563. The van der Waals surface area contributed by atoms with Crippen molar-refractivity contribution < 1.29 is 14.9 Å². The molecular formula is C21H25N3O3S. The number of rotatable bonds is 4. The molecule has 0 aliphatic heterocycles. The van der Waals surface area contributed by atoms with Gasteiger partial charge in [-0.1, -0.05) is 32.9 Å². The maximum Gasteiger partial charge on any atom is 0.145 e. The monoisotopic (exact) mass is 399 g/mol. The second kappa shape index (κ2) is 7.39. The van der Waals surface area contributed by atoms with Crippen molar-refractivity contribution in [3.63, 3.8) is 0 Å². The molecule has 0 aliphatic rings. The Balaban J connectivity index is 2.24. The zero-order chi connectivity index (χ0) is 20.6. The molecule has 1 aromatic heterocycles. The third-order valence-corrected chi connectivity index (χ3v) is 5.02. The number of phenols is 2. The van der Waals surface area contributed by atoms with E-state index in [9.17, 15) is 10.2 Å². The Morgan fingerprint density at radius 2 is 1.82 bits per heavy atom. The van der Waals surface area contributed by atoms with Crippen molar-refractivity contribution in [2.45, 2.75) is 44.6 Å². The maximum absolute atomic E-state index is 10.4. The molecule has 7 heteroatoms. The molecule has 0 aliphatic carbocycles. The summed E-state index contributed by atoms with van der Waals surface area (Å²) in [5, 5.41) is 29.1. The van der Waals surface area contributed by atoms with Crippen LogP contribution in [0.15, 0.2) is 35.4 Å². The lowest BCUT2D eigenvalue weighted by atomic mass is 9.85. The van der Waals surface area contributed by atoms with E-state index in [0.717, 1.165) is 16.9 Å². The summed E-state index contributed by atoms with van der Waals surface area (Å²) >= 11 is 4.48. The Bertz CT molecular complexity index is 1020. The van der Waals surface area contributed by atoms with Crippen LogP contribution in [0.1, 0.15) is 38.8 Å². The number of aromatic hydroxyl groups is 2. The molecule has 2 aromatic carbocycles. The number of aryl methyl sites for hydroxylation is 1. The van der Waals surface area contributed by atoms with E-state index in [-0.39, 0.29) is 16.9 Å². The van der Waals surface area contributed by atoms with Crippen LogP contribution in [0.25, 0.3) is 16.9 Å². The molecule has 0 saturated carbocycles. The minimum Gasteiger partial charge on any atom is -0.508 e. The lowest BCUT2D eigenvalue weighted by Gasteiger charge is -2.23. The van der Waals surface area contributed by atoms with Crippen molar-refractivity contribution in [1.29, 1.82) is 0 Å². The molecule has 0 fully saturated rings. The standard InChI is InChI=1S/C21H25N3O3S/c1-6-12-10-15(17(26)11-16(12)25)24-19(20(28)22-23-24)13-7-8-18(27-5)14(9-13)21(2,3)4/h7-11,25-26,28H,6H2,1-5H3.